The minimum atomic E-state index is -2.60. The van der Waals surface area contributed by atoms with Crippen molar-refractivity contribution in [2.75, 3.05) is 0 Å². The van der Waals surface area contributed by atoms with E-state index < -0.39 is 10.8 Å². The fourth-order valence-electron chi connectivity index (χ4n) is 0. The van der Waals surface area contributed by atoms with Gasteiger partial charge in [-0.2, -0.15) is 0 Å². The first-order chi connectivity index (χ1) is 1.73. The molecule has 0 fully saturated rings. The molecule has 0 aromatic carbocycles. The van der Waals surface area contributed by atoms with E-state index in [4.69, 9.17) is 14.0 Å². The van der Waals surface area contributed by atoms with Crippen LogP contribution >= 0.6 is 0 Å². The van der Waals surface area contributed by atoms with E-state index in [0.29, 0.717) is 0 Å². The van der Waals surface area contributed by atoms with Crippen molar-refractivity contribution in [3.63, 3.8) is 0 Å². The van der Waals surface area contributed by atoms with E-state index in [1.54, 1.807) is 0 Å². The Kier molecular flexibility index (Phi) is 24.7. The summed E-state index contributed by atoms with van der Waals surface area (Å²) in [6.07, 6.45) is 0. The Bertz CT molecular complexity index is 13.5. The van der Waals surface area contributed by atoms with Crippen molar-refractivity contribution in [2.24, 2.45) is 0 Å². The summed E-state index contributed by atoms with van der Waals surface area (Å²) < 4.78 is 24.0. The summed E-state index contributed by atoms with van der Waals surface area (Å²) in [6, 6.07) is 0. The zero-order valence-electron chi connectivity index (χ0n) is 3.02. The zero-order valence-corrected chi connectivity index (χ0v) is 4.53. The van der Waals surface area contributed by atoms with Crippen LogP contribution in [0.2, 0.25) is 0 Å². The maximum atomic E-state index is 8.52. The van der Waals surface area contributed by atoms with Gasteiger partial charge in [-0.1, -0.05) is 0 Å². The van der Waals surface area contributed by atoms with Crippen LogP contribution in [0.15, 0.2) is 0 Å². The Labute approximate surface area is 56.3 Å². The summed E-state index contributed by atoms with van der Waals surface area (Å²) in [5.74, 6) is 0. The molecule has 0 atom stereocenters. The number of rotatable bonds is 0. The van der Waals surface area contributed by atoms with Crippen molar-refractivity contribution in [3.05, 3.63) is 0 Å². The number of hydrogen-bond acceptors (Lipinski definition) is 3. The van der Waals surface area contributed by atoms with E-state index in [9.17, 15) is 0 Å². The Morgan fingerprint density at radius 3 is 1.33 bits per heavy atom. The Hall–Kier alpha value is 1.06. The quantitative estimate of drug-likeness (QED) is 0.328. The van der Waals surface area contributed by atoms with Crippen molar-refractivity contribution < 1.29 is 56.0 Å². The Morgan fingerprint density at radius 2 is 1.33 bits per heavy atom. The van der Waals surface area contributed by atoms with Crippen LogP contribution in [0.4, 0.5) is 0 Å². The van der Waals surface area contributed by atoms with Crippen molar-refractivity contribution in [3.8, 4) is 0 Å². The van der Waals surface area contributed by atoms with E-state index in [2.05, 4.69) is 0 Å². The van der Waals surface area contributed by atoms with Gasteiger partial charge in [0, 0.05) is 4.66 Å². The van der Waals surface area contributed by atoms with Crippen LogP contribution in [0.1, 0.15) is 0 Å². The topological polar surface area (TPSA) is 66.3 Å². The third kappa shape index (κ3) is 74.5. The van der Waals surface area contributed by atoms with Crippen molar-refractivity contribution >= 4 is 0 Å². The van der Waals surface area contributed by atoms with Crippen LogP contribution in [0.3, 0.4) is 0 Å². The van der Waals surface area contributed by atoms with Crippen LogP contribution in [0.25, 0.3) is 0 Å². The van der Waals surface area contributed by atoms with Gasteiger partial charge >= 0.3 is 18.9 Å². The molecule has 0 aromatic heterocycles. The van der Waals surface area contributed by atoms with Gasteiger partial charge in [-0.25, -0.2) is 0 Å². The fraction of sp³-hybridized carbons (Fsp3) is 0. The molecule has 0 aliphatic heterocycles. The van der Waals surface area contributed by atoms with Crippen LogP contribution in [0, 0.1) is 10.8 Å². The maximum Gasteiger partial charge on any atom is 1.00 e. The molecule has 34 valence electrons. The summed E-state index contributed by atoms with van der Waals surface area (Å²) in [5, 5.41) is 0. The molecule has 0 saturated carbocycles. The monoisotopic (exact) mass is 126 g/mol. The number of halogens is 2. The molecule has 0 rings (SSSR count). The van der Waals surface area contributed by atoms with Crippen LogP contribution in [-0.2, 0) is 0 Å². The predicted octanol–water partition coefficient (Wildman–Crippen LogP) is -8.93. The average Bonchev–Trinajstić information content (AvgIpc) is 0.811. The van der Waals surface area contributed by atoms with Crippen LogP contribution in [-0.4, -0.2) is 4.66 Å². The molecule has 0 unspecified atom stereocenters. The summed E-state index contributed by atoms with van der Waals surface area (Å²) >= 11 is 0. The molecule has 0 aliphatic rings. The molecule has 3 nitrogen and oxygen atoms in total. The zero-order chi connectivity index (χ0) is 3.58. The van der Waals surface area contributed by atoms with Gasteiger partial charge in [-0.05, 0) is 0 Å². The van der Waals surface area contributed by atoms with Gasteiger partial charge < -0.3 is 21.7 Å². The predicted molar refractivity (Wildman–Crippen MR) is 2.22 cm³/mol. The van der Waals surface area contributed by atoms with Gasteiger partial charge in [0.2, 0.25) is 0 Å². The summed E-state index contributed by atoms with van der Waals surface area (Å²) in [5.41, 5.74) is 0. The summed E-state index contributed by atoms with van der Waals surface area (Å²) in [6.45, 7) is 0. The van der Waals surface area contributed by atoms with Gasteiger partial charge in [0.1, 0.15) is 0 Å². The van der Waals surface area contributed by atoms with E-state index in [-0.39, 0.29) is 31.3 Å². The minimum absolute atomic E-state index is 0. The molecule has 0 radical (unpaired) electrons. The fourth-order valence-corrected chi connectivity index (χ4v) is 0. The van der Waals surface area contributed by atoms with Gasteiger partial charge in [0.15, 0.2) is 0 Å². The van der Waals surface area contributed by atoms with E-state index >= 15 is 0 Å². The molecule has 0 saturated heterocycles. The third-order valence-corrected chi connectivity index (χ3v) is 0. The van der Waals surface area contributed by atoms with Gasteiger partial charge in [0.05, 0.1) is 0 Å². The Balaban J connectivity index is -0.0000000450. The second-order valence-corrected chi connectivity index (χ2v) is 0.603. The SMILES string of the molecule is [Cl-].[Li+].[O-][Cl+2]([O-])O. The largest absolute Gasteiger partial charge is 1.00 e. The standard InChI is InChI=1S/ClHO3.ClH.Li/c2-1(3)4;;/h2H;1H;/q;;+1/p-1. The normalized spacial score (nSPS) is 6.00. The second kappa shape index (κ2) is 9.41. The molecule has 0 spiro atoms. The van der Waals surface area contributed by atoms with E-state index in [1.165, 1.54) is 0 Å². The first-order valence-electron chi connectivity index (χ1n) is 0.478. The summed E-state index contributed by atoms with van der Waals surface area (Å²) in [7, 11) is -2.60. The Morgan fingerprint density at radius 1 is 1.33 bits per heavy atom. The first-order valence-corrected chi connectivity index (χ1v) is 1.43. The van der Waals surface area contributed by atoms with Crippen LogP contribution in [0.5, 0.6) is 0 Å². The first kappa shape index (κ1) is 15.7. The van der Waals surface area contributed by atoms with Gasteiger partial charge in [-0.3, -0.25) is 0 Å². The smallest absolute Gasteiger partial charge is 1.00 e. The van der Waals surface area contributed by atoms with Crippen LogP contribution < -0.4 is 40.6 Å². The molecule has 0 bridgehead atoms. The molecule has 0 heterocycles. The van der Waals surface area contributed by atoms with E-state index in [0.717, 1.165) is 0 Å². The molecule has 0 aromatic rings. The van der Waals surface area contributed by atoms with Crippen molar-refractivity contribution in [1.82, 2.24) is 0 Å². The molecule has 0 amide bonds. The third-order valence-electron chi connectivity index (χ3n) is 0. The molecule has 6 heavy (non-hydrogen) atoms. The second-order valence-electron chi connectivity index (χ2n) is 0.201. The van der Waals surface area contributed by atoms with Gasteiger partial charge in [0.25, 0.3) is 10.8 Å². The van der Waals surface area contributed by atoms with Gasteiger partial charge in [-0.15, -0.1) is 0 Å². The molecular weight excluding hydrogens is 126 g/mol. The van der Waals surface area contributed by atoms with Crippen molar-refractivity contribution in [2.45, 2.75) is 0 Å². The average molecular weight is 127 g/mol. The molecule has 1 N–H and O–H groups in total. The number of hydrogen-bond donors (Lipinski definition) is 1. The van der Waals surface area contributed by atoms with Crippen molar-refractivity contribution in [1.29, 1.82) is 0 Å². The molecule has 0 aliphatic carbocycles. The molecule has 6 heteroatoms. The summed E-state index contributed by atoms with van der Waals surface area (Å²) in [4.78, 5) is 0. The maximum absolute atomic E-state index is 8.52. The van der Waals surface area contributed by atoms with E-state index in [1.807, 2.05) is 0 Å². The molecular formula is HCl2LiO3. The minimum Gasteiger partial charge on any atom is -1.00 e.